The van der Waals surface area contributed by atoms with Crippen LogP contribution in [0.1, 0.15) is 46.0 Å². The minimum Gasteiger partial charge on any atom is -0.466 e. The largest absolute Gasteiger partial charge is 0.466 e. The Balaban J connectivity index is 2.45. The Morgan fingerprint density at radius 3 is 2.79 bits per heavy atom. The quantitative estimate of drug-likeness (QED) is 0.616. The molecule has 0 saturated heterocycles. The number of rotatable bonds is 2. The molecule has 0 aromatic carbocycles. The molecule has 2 aliphatic rings. The first-order valence-corrected chi connectivity index (χ1v) is 7.04. The van der Waals surface area contributed by atoms with E-state index in [1.807, 2.05) is 6.92 Å². The molecule has 1 N–H and O–H groups in total. The van der Waals surface area contributed by atoms with Gasteiger partial charge in [-0.1, -0.05) is 24.6 Å². The number of aliphatic hydroxyl groups excluding tert-OH is 1. The zero-order chi connectivity index (χ0) is 14.2. The summed E-state index contributed by atoms with van der Waals surface area (Å²) in [6, 6.07) is 0. The lowest BCUT2D eigenvalue weighted by atomic mass is 9.59. The normalized spacial score (nSPS) is 34.7. The Morgan fingerprint density at radius 1 is 1.53 bits per heavy atom. The number of allylic oxidation sites excluding steroid dienone is 1. The lowest BCUT2D eigenvalue weighted by Gasteiger charge is -2.47. The van der Waals surface area contributed by atoms with Gasteiger partial charge in [-0.3, -0.25) is 0 Å². The highest BCUT2D eigenvalue weighted by Crippen LogP contribution is 2.52. The molecule has 0 spiro atoms. The molecule has 0 aromatic rings. The highest BCUT2D eigenvalue weighted by Gasteiger charge is 2.46. The summed E-state index contributed by atoms with van der Waals surface area (Å²) in [6.07, 6.45) is 3.87. The molecule has 1 fully saturated rings. The van der Waals surface area contributed by atoms with E-state index < -0.39 is 6.10 Å². The van der Waals surface area contributed by atoms with E-state index in [2.05, 4.69) is 13.5 Å². The molecule has 3 heteroatoms. The lowest BCUT2D eigenvalue weighted by Crippen LogP contribution is -2.43. The maximum absolute atomic E-state index is 12.0. The van der Waals surface area contributed by atoms with Crippen LogP contribution in [-0.2, 0) is 9.53 Å². The second-order valence-electron chi connectivity index (χ2n) is 6.22. The van der Waals surface area contributed by atoms with Gasteiger partial charge >= 0.3 is 5.97 Å². The van der Waals surface area contributed by atoms with E-state index in [1.165, 1.54) is 7.11 Å². The minimum absolute atomic E-state index is 0.226. The maximum atomic E-state index is 12.0. The van der Waals surface area contributed by atoms with Gasteiger partial charge < -0.3 is 9.84 Å². The number of aliphatic hydroxyl groups is 1. The molecule has 1 saturated carbocycles. The van der Waals surface area contributed by atoms with Gasteiger partial charge in [0.15, 0.2) is 0 Å². The average molecular weight is 264 g/mol. The van der Waals surface area contributed by atoms with Crippen molar-refractivity contribution >= 4 is 5.97 Å². The summed E-state index contributed by atoms with van der Waals surface area (Å²) in [6.45, 7) is 8.10. The van der Waals surface area contributed by atoms with Gasteiger partial charge in [-0.05, 0) is 44.9 Å². The van der Waals surface area contributed by atoms with Gasteiger partial charge in [0.25, 0.3) is 0 Å². The van der Waals surface area contributed by atoms with Crippen LogP contribution in [0, 0.1) is 11.3 Å². The molecule has 2 rings (SSSR count). The Hall–Kier alpha value is -1.09. The summed E-state index contributed by atoms with van der Waals surface area (Å²) >= 11 is 0. The van der Waals surface area contributed by atoms with Gasteiger partial charge in [0, 0.05) is 11.0 Å². The Bertz CT molecular complexity index is 435. The van der Waals surface area contributed by atoms with E-state index in [9.17, 15) is 9.90 Å². The Kier molecular flexibility index (Phi) is 3.86. The summed E-state index contributed by atoms with van der Waals surface area (Å²) in [5.41, 5.74) is 2.73. The first-order chi connectivity index (χ1) is 8.90. The highest BCUT2D eigenvalue weighted by molar-refractivity contribution is 5.89. The molecule has 0 heterocycles. The van der Waals surface area contributed by atoms with Crippen LogP contribution in [0.25, 0.3) is 0 Å². The average Bonchev–Trinajstić information content (AvgIpc) is 2.38. The van der Waals surface area contributed by atoms with Crippen LogP contribution >= 0.6 is 0 Å². The first kappa shape index (κ1) is 14.3. The number of ether oxygens (including phenoxy) is 1. The summed E-state index contributed by atoms with van der Waals surface area (Å²) in [7, 11) is 1.43. The monoisotopic (exact) mass is 264 g/mol. The zero-order valence-corrected chi connectivity index (χ0v) is 12.2. The molecule has 0 aliphatic heterocycles. The molecular formula is C16H24O3. The van der Waals surface area contributed by atoms with Gasteiger partial charge in [-0.15, -0.1) is 0 Å². The van der Waals surface area contributed by atoms with E-state index in [0.29, 0.717) is 0 Å². The SMILES string of the molecule is C=C(C)[C@H]1CC2=C(C(=O)OC)CCC[C@]2(C)C(O)C1. The van der Waals surface area contributed by atoms with Crippen molar-refractivity contribution in [3.63, 3.8) is 0 Å². The molecule has 3 atom stereocenters. The Labute approximate surface area is 115 Å². The fourth-order valence-corrected chi connectivity index (χ4v) is 3.59. The molecule has 0 amide bonds. The molecule has 1 unspecified atom stereocenters. The maximum Gasteiger partial charge on any atom is 0.333 e. The fraction of sp³-hybridized carbons (Fsp3) is 0.688. The predicted molar refractivity (Wildman–Crippen MR) is 74.5 cm³/mol. The third-order valence-corrected chi connectivity index (χ3v) is 5.00. The van der Waals surface area contributed by atoms with Crippen LogP contribution < -0.4 is 0 Å². The first-order valence-electron chi connectivity index (χ1n) is 7.04. The molecule has 0 bridgehead atoms. The standard InChI is InChI=1S/C16H24O3/c1-10(2)11-8-13-12(15(18)19-4)6-5-7-16(13,3)14(17)9-11/h11,14,17H,1,5-9H2,2-4H3/t11-,14?,16-/m0/s1. The predicted octanol–water partition coefficient (Wildman–Crippen LogP) is 2.99. The Morgan fingerprint density at radius 2 is 2.21 bits per heavy atom. The van der Waals surface area contributed by atoms with Crippen LogP contribution in [0.2, 0.25) is 0 Å². The van der Waals surface area contributed by atoms with E-state index in [0.717, 1.165) is 48.8 Å². The van der Waals surface area contributed by atoms with Crippen LogP contribution in [0.5, 0.6) is 0 Å². The highest BCUT2D eigenvalue weighted by atomic mass is 16.5. The molecule has 2 aliphatic carbocycles. The molecule has 106 valence electrons. The third-order valence-electron chi connectivity index (χ3n) is 5.00. The van der Waals surface area contributed by atoms with E-state index in [4.69, 9.17) is 4.74 Å². The summed E-state index contributed by atoms with van der Waals surface area (Å²) in [5.74, 6) is 0.0475. The van der Waals surface area contributed by atoms with Crippen molar-refractivity contribution in [3.05, 3.63) is 23.3 Å². The van der Waals surface area contributed by atoms with Crippen molar-refractivity contribution in [2.75, 3.05) is 7.11 Å². The molecular weight excluding hydrogens is 240 g/mol. The number of hydrogen-bond acceptors (Lipinski definition) is 3. The number of carbonyl (C=O) groups excluding carboxylic acids is 1. The van der Waals surface area contributed by atoms with E-state index >= 15 is 0 Å². The number of fused-ring (bicyclic) bond motifs is 1. The van der Waals surface area contributed by atoms with Crippen molar-refractivity contribution in [1.82, 2.24) is 0 Å². The van der Waals surface area contributed by atoms with Gasteiger partial charge in [0.1, 0.15) is 0 Å². The molecule has 0 aromatic heterocycles. The summed E-state index contributed by atoms with van der Waals surface area (Å²) in [5, 5.41) is 10.5. The molecule has 19 heavy (non-hydrogen) atoms. The number of methoxy groups -OCH3 is 1. The summed E-state index contributed by atoms with van der Waals surface area (Å²) in [4.78, 5) is 12.0. The minimum atomic E-state index is -0.391. The van der Waals surface area contributed by atoms with Gasteiger partial charge in [0.2, 0.25) is 0 Å². The second kappa shape index (κ2) is 5.12. The van der Waals surface area contributed by atoms with Gasteiger partial charge in [-0.25, -0.2) is 4.79 Å². The van der Waals surface area contributed by atoms with Crippen LogP contribution in [0.3, 0.4) is 0 Å². The number of esters is 1. The van der Waals surface area contributed by atoms with Crippen molar-refractivity contribution in [3.8, 4) is 0 Å². The van der Waals surface area contributed by atoms with Crippen LogP contribution in [0.4, 0.5) is 0 Å². The zero-order valence-electron chi connectivity index (χ0n) is 12.2. The molecule has 3 nitrogen and oxygen atoms in total. The smallest absolute Gasteiger partial charge is 0.333 e. The molecule has 0 radical (unpaired) electrons. The topological polar surface area (TPSA) is 46.5 Å². The second-order valence-corrected chi connectivity index (χ2v) is 6.22. The number of carbonyl (C=O) groups is 1. The lowest BCUT2D eigenvalue weighted by molar-refractivity contribution is -0.136. The number of hydrogen-bond donors (Lipinski definition) is 1. The van der Waals surface area contributed by atoms with Gasteiger partial charge in [-0.2, -0.15) is 0 Å². The van der Waals surface area contributed by atoms with Gasteiger partial charge in [0.05, 0.1) is 13.2 Å². The van der Waals surface area contributed by atoms with Crippen molar-refractivity contribution in [2.24, 2.45) is 11.3 Å². The summed E-state index contributed by atoms with van der Waals surface area (Å²) < 4.78 is 4.91. The van der Waals surface area contributed by atoms with Crippen molar-refractivity contribution in [2.45, 2.75) is 52.1 Å². The third kappa shape index (κ3) is 2.36. The van der Waals surface area contributed by atoms with E-state index in [1.54, 1.807) is 0 Å². The van der Waals surface area contributed by atoms with E-state index in [-0.39, 0.29) is 17.3 Å². The van der Waals surface area contributed by atoms with Crippen LogP contribution in [-0.4, -0.2) is 24.3 Å². The van der Waals surface area contributed by atoms with Crippen molar-refractivity contribution in [1.29, 1.82) is 0 Å². The van der Waals surface area contributed by atoms with Crippen molar-refractivity contribution < 1.29 is 14.6 Å². The fourth-order valence-electron chi connectivity index (χ4n) is 3.59. The van der Waals surface area contributed by atoms with Crippen LogP contribution in [0.15, 0.2) is 23.3 Å².